The van der Waals surface area contributed by atoms with Gasteiger partial charge in [-0.2, -0.15) is 0 Å². The Labute approximate surface area is 276 Å². The molecule has 254 valence electrons. The first-order chi connectivity index (χ1) is 21.1. The van der Waals surface area contributed by atoms with E-state index in [1.807, 2.05) is 85.7 Å². The zero-order chi connectivity index (χ0) is 35.4. The van der Waals surface area contributed by atoms with Crippen LogP contribution in [0.2, 0.25) is 0 Å². The summed E-state index contributed by atoms with van der Waals surface area (Å²) in [6.07, 6.45) is 1.61. The van der Waals surface area contributed by atoms with E-state index in [-0.39, 0.29) is 28.2 Å². The molecule has 10 heteroatoms. The summed E-state index contributed by atoms with van der Waals surface area (Å²) in [5, 5.41) is 6.17. The van der Waals surface area contributed by atoms with Crippen molar-refractivity contribution in [3.8, 4) is 0 Å². The molecule has 0 spiro atoms. The van der Waals surface area contributed by atoms with Crippen LogP contribution in [0.5, 0.6) is 0 Å². The second-order valence-electron chi connectivity index (χ2n) is 14.3. The first-order valence-electron chi connectivity index (χ1n) is 15.7. The zero-order valence-corrected chi connectivity index (χ0v) is 30.6. The molecule has 0 heterocycles. The summed E-state index contributed by atoms with van der Waals surface area (Å²) in [4.78, 5) is 42.7. The van der Waals surface area contributed by atoms with Crippen LogP contribution < -0.4 is 15.4 Å². The van der Waals surface area contributed by atoms with E-state index in [0.29, 0.717) is 11.1 Å². The van der Waals surface area contributed by atoms with Crippen molar-refractivity contribution in [1.82, 2.24) is 20.3 Å². The standard InChI is InChI=1S/C36H54N4O5S/c1-22(2)28(21-26(6)32(41)39-46(44,45)29-24(4)19-23(3)20-25(29)5)40(13)34(43)31(35(7,8)9)38-33(42)30(37-12)36(10,11)27-17-15-14-16-18-27/h14-22,28,30-31,37H,1-13H3,(H,38,42)(H,39,41)/t28-,30-,31-/m1/s1. The lowest BCUT2D eigenvalue weighted by atomic mass is 9.76. The van der Waals surface area contributed by atoms with E-state index in [4.69, 9.17) is 0 Å². The van der Waals surface area contributed by atoms with E-state index < -0.39 is 44.9 Å². The first kappa shape index (κ1) is 38.7. The van der Waals surface area contributed by atoms with Crippen LogP contribution in [-0.2, 0) is 29.8 Å². The Bertz CT molecular complexity index is 1530. The predicted octanol–water partition coefficient (Wildman–Crippen LogP) is 4.94. The molecule has 0 aliphatic carbocycles. The molecule has 9 nitrogen and oxygen atoms in total. The molecule has 0 aliphatic heterocycles. The van der Waals surface area contributed by atoms with Crippen LogP contribution in [0.1, 0.15) is 77.6 Å². The molecule has 2 aromatic rings. The molecule has 0 fully saturated rings. The number of carbonyl (C=O) groups excluding carboxylic acids is 3. The number of rotatable bonds is 12. The summed E-state index contributed by atoms with van der Waals surface area (Å²) >= 11 is 0. The molecule has 0 unspecified atom stereocenters. The average molecular weight is 655 g/mol. The number of carbonyl (C=O) groups is 3. The highest BCUT2D eigenvalue weighted by Crippen LogP contribution is 2.29. The fourth-order valence-corrected chi connectivity index (χ4v) is 7.48. The summed E-state index contributed by atoms with van der Waals surface area (Å²) in [5.41, 5.74) is 1.93. The Morgan fingerprint density at radius 2 is 1.41 bits per heavy atom. The quantitative estimate of drug-likeness (QED) is 0.279. The van der Waals surface area contributed by atoms with Gasteiger partial charge in [-0.3, -0.25) is 14.4 Å². The molecule has 2 rings (SSSR count). The Morgan fingerprint density at radius 1 is 0.891 bits per heavy atom. The largest absolute Gasteiger partial charge is 0.342 e. The summed E-state index contributed by atoms with van der Waals surface area (Å²) < 4.78 is 28.7. The van der Waals surface area contributed by atoms with Crippen molar-refractivity contribution in [3.05, 3.63) is 76.4 Å². The third-order valence-electron chi connectivity index (χ3n) is 8.55. The van der Waals surface area contributed by atoms with Gasteiger partial charge < -0.3 is 15.5 Å². The third-order valence-corrected chi connectivity index (χ3v) is 10.2. The van der Waals surface area contributed by atoms with Crippen LogP contribution in [0.3, 0.4) is 0 Å². The molecule has 0 radical (unpaired) electrons. The third kappa shape index (κ3) is 9.06. The van der Waals surface area contributed by atoms with Crippen LogP contribution in [0, 0.1) is 32.1 Å². The van der Waals surface area contributed by atoms with Crippen LogP contribution in [0.4, 0.5) is 0 Å². The lowest BCUT2D eigenvalue weighted by Gasteiger charge is -2.40. The molecule has 46 heavy (non-hydrogen) atoms. The van der Waals surface area contributed by atoms with Gasteiger partial charge in [0.1, 0.15) is 6.04 Å². The van der Waals surface area contributed by atoms with Crippen LogP contribution in [0.15, 0.2) is 59.0 Å². The Morgan fingerprint density at radius 3 is 1.87 bits per heavy atom. The van der Waals surface area contributed by atoms with E-state index in [9.17, 15) is 22.8 Å². The van der Waals surface area contributed by atoms with Crippen molar-refractivity contribution in [1.29, 1.82) is 0 Å². The average Bonchev–Trinajstić information content (AvgIpc) is 2.92. The predicted molar refractivity (Wildman–Crippen MR) is 185 cm³/mol. The fourth-order valence-electron chi connectivity index (χ4n) is 6.01. The minimum absolute atomic E-state index is 0.0750. The molecule has 3 N–H and O–H groups in total. The number of aryl methyl sites for hydroxylation is 3. The number of nitrogens with zero attached hydrogens (tertiary/aromatic N) is 1. The van der Waals surface area contributed by atoms with Crippen LogP contribution in [0.25, 0.3) is 0 Å². The van der Waals surface area contributed by atoms with Crippen molar-refractivity contribution in [2.45, 2.75) is 105 Å². The van der Waals surface area contributed by atoms with Crippen molar-refractivity contribution in [3.63, 3.8) is 0 Å². The second-order valence-corrected chi connectivity index (χ2v) is 15.9. The minimum Gasteiger partial charge on any atom is -0.342 e. The molecule has 3 atom stereocenters. The Kier molecular flexibility index (Phi) is 12.6. The number of benzene rings is 2. The highest BCUT2D eigenvalue weighted by molar-refractivity contribution is 7.90. The number of nitrogens with one attached hydrogen (secondary N) is 3. The number of sulfonamides is 1. The van der Waals surface area contributed by atoms with Crippen molar-refractivity contribution in [2.24, 2.45) is 11.3 Å². The van der Waals surface area contributed by atoms with E-state index >= 15 is 0 Å². The summed E-state index contributed by atoms with van der Waals surface area (Å²) in [5.74, 6) is -1.54. The Balaban J connectivity index is 2.37. The highest BCUT2D eigenvalue weighted by atomic mass is 32.2. The summed E-state index contributed by atoms with van der Waals surface area (Å²) in [7, 11) is -0.775. The van der Waals surface area contributed by atoms with Crippen molar-refractivity contribution < 1.29 is 22.8 Å². The first-order valence-corrected chi connectivity index (χ1v) is 17.2. The van der Waals surface area contributed by atoms with Gasteiger partial charge in [0.05, 0.1) is 17.0 Å². The van der Waals surface area contributed by atoms with Gasteiger partial charge in [-0.15, -0.1) is 0 Å². The molecule has 0 aromatic heterocycles. The number of amides is 3. The van der Waals surface area contributed by atoms with Gasteiger partial charge in [0.25, 0.3) is 15.9 Å². The zero-order valence-electron chi connectivity index (χ0n) is 29.8. The highest BCUT2D eigenvalue weighted by Gasteiger charge is 2.41. The normalized spacial score (nSPS) is 14.8. The summed E-state index contributed by atoms with van der Waals surface area (Å²) in [6, 6.07) is 11.2. The molecule has 0 saturated heterocycles. The van der Waals surface area contributed by atoms with Gasteiger partial charge >= 0.3 is 0 Å². The number of likely N-dealkylation sites (N-methyl/N-ethyl adjacent to an activating group) is 2. The van der Waals surface area contributed by atoms with E-state index in [2.05, 4.69) is 15.4 Å². The molecular formula is C36H54N4O5S. The summed E-state index contributed by atoms with van der Waals surface area (Å²) in [6.45, 7) is 20.3. The monoisotopic (exact) mass is 654 g/mol. The molecule has 3 amide bonds. The van der Waals surface area contributed by atoms with Gasteiger partial charge in [0.15, 0.2) is 0 Å². The van der Waals surface area contributed by atoms with Crippen LogP contribution >= 0.6 is 0 Å². The SMILES string of the molecule is CN[C@H](C(=O)N[C@H](C(=O)N(C)[C@H](C=C(C)C(=O)NS(=O)(=O)c1c(C)cc(C)cc1C)C(C)C)C(C)(C)C)C(C)(C)c1ccccc1. The van der Waals surface area contributed by atoms with Gasteiger partial charge in [-0.1, -0.05) is 103 Å². The van der Waals surface area contributed by atoms with Crippen molar-refractivity contribution in [2.75, 3.05) is 14.1 Å². The molecule has 0 bridgehead atoms. The van der Waals surface area contributed by atoms with Crippen molar-refractivity contribution >= 4 is 27.7 Å². The maximum absolute atomic E-state index is 14.1. The Hall–Kier alpha value is -3.50. The fraction of sp³-hybridized carbons (Fsp3) is 0.528. The minimum atomic E-state index is -4.14. The lowest BCUT2D eigenvalue weighted by Crippen LogP contribution is -2.61. The van der Waals surface area contributed by atoms with E-state index in [1.54, 1.807) is 46.2 Å². The van der Waals surface area contributed by atoms with E-state index in [0.717, 1.165) is 11.1 Å². The molecule has 0 aliphatic rings. The molecule has 2 aromatic carbocycles. The molecular weight excluding hydrogens is 600 g/mol. The number of hydrogen-bond donors (Lipinski definition) is 3. The van der Waals surface area contributed by atoms with Crippen LogP contribution in [-0.4, -0.2) is 63.3 Å². The topological polar surface area (TPSA) is 125 Å². The number of hydrogen-bond acceptors (Lipinski definition) is 6. The smallest absolute Gasteiger partial charge is 0.264 e. The maximum Gasteiger partial charge on any atom is 0.264 e. The van der Waals surface area contributed by atoms with E-state index in [1.165, 1.54) is 11.8 Å². The van der Waals surface area contributed by atoms with Gasteiger partial charge in [-0.05, 0) is 62.8 Å². The second kappa shape index (κ2) is 14.9. The maximum atomic E-state index is 14.1. The van der Waals surface area contributed by atoms with Gasteiger partial charge in [0, 0.05) is 18.0 Å². The molecule has 0 saturated carbocycles. The van der Waals surface area contributed by atoms with Gasteiger partial charge in [0.2, 0.25) is 11.8 Å². The van der Waals surface area contributed by atoms with Gasteiger partial charge in [-0.25, -0.2) is 13.1 Å². The lowest BCUT2D eigenvalue weighted by molar-refractivity contribution is -0.140.